The van der Waals surface area contributed by atoms with Crippen molar-refractivity contribution in [1.29, 1.82) is 0 Å². The van der Waals surface area contributed by atoms with Gasteiger partial charge >= 0.3 is 0 Å². The summed E-state index contributed by atoms with van der Waals surface area (Å²) in [5, 5.41) is 12.2. The number of carbonyl (C=O) groups excluding carboxylic acids is 1. The smallest absolute Gasteiger partial charge is 0.224 e. The average Bonchev–Trinajstić information content (AvgIpc) is 2.35. The Hall–Kier alpha value is -1.58. The van der Waals surface area contributed by atoms with E-state index in [1.807, 2.05) is 0 Å². The number of hydrogen-bond donors (Lipinski definition) is 2. The first kappa shape index (κ1) is 12.9. The summed E-state index contributed by atoms with van der Waals surface area (Å²) in [6.07, 6.45) is 5.52. The van der Waals surface area contributed by atoms with E-state index in [0.29, 0.717) is 0 Å². The fourth-order valence-corrected chi connectivity index (χ4v) is 2.40. The molecule has 1 aromatic carbocycles. The van der Waals surface area contributed by atoms with Gasteiger partial charge in [-0.3, -0.25) is 4.79 Å². The van der Waals surface area contributed by atoms with Gasteiger partial charge in [-0.2, -0.15) is 0 Å². The second-order valence-electron chi connectivity index (χ2n) is 4.85. The monoisotopic (exact) mass is 251 g/mol. The minimum Gasteiger partial charge on any atom is -0.508 e. The van der Waals surface area contributed by atoms with Crippen LogP contribution in [0.25, 0.3) is 0 Å². The maximum Gasteiger partial charge on any atom is 0.224 e. The fraction of sp³-hybridized carbons (Fsp3) is 0.500. The van der Waals surface area contributed by atoms with Crippen LogP contribution in [0.2, 0.25) is 0 Å². The van der Waals surface area contributed by atoms with Gasteiger partial charge in [0.2, 0.25) is 5.91 Å². The molecule has 0 heterocycles. The van der Waals surface area contributed by atoms with Gasteiger partial charge in [-0.15, -0.1) is 0 Å². The molecule has 0 aromatic heterocycles. The zero-order chi connectivity index (χ0) is 13.0. The zero-order valence-electron chi connectivity index (χ0n) is 10.3. The van der Waals surface area contributed by atoms with Crippen molar-refractivity contribution in [2.45, 2.75) is 44.6 Å². The Bertz CT molecular complexity index is 428. The number of aromatic hydroxyl groups is 1. The Morgan fingerprint density at radius 1 is 1.33 bits per heavy atom. The van der Waals surface area contributed by atoms with E-state index in [1.165, 1.54) is 24.6 Å². The van der Waals surface area contributed by atoms with E-state index in [4.69, 9.17) is 0 Å². The molecule has 1 aliphatic rings. The highest BCUT2D eigenvalue weighted by molar-refractivity contribution is 5.79. The summed E-state index contributed by atoms with van der Waals surface area (Å²) in [6.45, 7) is 0. The van der Waals surface area contributed by atoms with Crippen molar-refractivity contribution in [3.8, 4) is 5.75 Å². The van der Waals surface area contributed by atoms with Gasteiger partial charge in [0, 0.05) is 11.6 Å². The van der Waals surface area contributed by atoms with E-state index in [-0.39, 0.29) is 29.7 Å². The van der Waals surface area contributed by atoms with E-state index in [9.17, 15) is 14.3 Å². The van der Waals surface area contributed by atoms with Crippen molar-refractivity contribution < 1.29 is 14.3 Å². The van der Waals surface area contributed by atoms with Crippen LogP contribution < -0.4 is 5.32 Å². The second kappa shape index (κ2) is 5.85. The van der Waals surface area contributed by atoms with Crippen molar-refractivity contribution in [2.24, 2.45) is 0 Å². The molecule has 18 heavy (non-hydrogen) atoms. The number of hydrogen-bond acceptors (Lipinski definition) is 2. The van der Waals surface area contributed by atoms with Crippen LogP contribution in [0.5, 0.6) is 5.75 Å². The zero-order valence-corrected chi connectivity index (χ0v) is 10.3. The largest absolute Gasteiger partial charge is 0.508 e. The highest BCUT2D eigenvalue weighted by Gasteiger charge is 2.16. The molecule has 3 nitrogen and oxygen atoms in total. The first-order chi connectivity index (χ1) is 8.65. The lowest BCUT2D eigenvalue weighted by Crippen LogP contribution is -2.37. The first-order valence-electron chi connectivity index (χ1n) is 6.42. The Morgan fingerprint density at radius 2 is 2.06 bits per heavy atom. The summed E-state index contributed by atoms with van der Waals surface area (Å²) in [5.74, 6) is -0.644. The normalized spacial score (nSPS) is 16.5. The van der Waals surface area contributed by atoms with Crippen molar-refractivity contribution in [3.63, 3.8) is 0 Å². The molecule has 4 heteroatoms. The standard InChI is InChI=1S/C14H18FNO2/c15-13-7-6-12(17)8-10(13)9-14(18)16-11-4-2-1-3-5-11/h6-8,11,17H,1-5,9H2,(H,16,18). The highest BCUT2D eigenvalue weighted by Crippen LogP contribution is 2.18. The van der Waals surface area contributed by atoms with Gasteiger partial charge in [-0.25, -0.2) is 4.39 Å². The van der Waals surface area contributed by atoms with Gasteiger partial charge in [0.1, 0.15) is 11.6 Å². The molecule has 2 N–H and O–H groups in total. The molecule has 0 bridgehead atoms. The lowest BCUT2D eigenvalue weighted by atomic mass is 9.95. The number of benzene rings is 1. The predicted octanol–water partition coefficient (Wildman–Crippen LogP) is 2.52. The van der Waals surface area contributed by atoms with Crippen molar-refractivity contribution >= 4 is 5.91 Å². The third-order valence-electron chi connectivity index (χ3n) is 3.35. The Balaban J connectivity index is 1.92. The number of rotatable bonds is 3. The van der Waals surface area contributed by atoms with E-state index in [1.54, 1.807) is 0 Å². The number of carbonyl (C=O) groups is 1. The van der Waals surface area contributed by atoms with Crippen LogP contribution in [0.4, 0.5) is 4.39 Å². The molecule has 1 aliphatic carbocycles. The minimum atomic E-state index is -0.452. The van der Waals surface area contributed by atoms with E-state index >= 15 is 0 Å². The maximum atomic E-state index is 13.4. The molecule has 1 saturated carbocycles. The summed E-state index contributed by atoms with van der Waals surface area (Å²) in [5.41, 5.74) is 0.239. The second-order valence-corrected chi connectivity index (χ2v) is 4.85. The van der Waals surface area contributed by atoms with Crippen LogP contribution >= 0.6 is 0 Å². The first-order valence-corrected chi connectivity index (χ1v) is 6.42. The Morgan fingerprint density at radius 3 is 2.78 bits per heavy atom. The molecule has 98 valence electrons. The van der Waals surface area contributed by atoms with Crippen LogP contribution in [-0.4, -0.2) is 17.1 Å². The van der Waals surface area contributed by atoms with Gasteiger partial charge < -0.3 is 10.4 Å². The van der Waals surface area contributed by atoms with Gasteiger partial charge in [0.15, 0.2) is 0 Å². The maximum absolute atomic E-state index is 13.4. The lowest BCUT2D eigenvalue weighted by molar-refractivity contribution is -0.121. The molecule has 1 fully saturated rings. The molecule has 0 atom stereocenters. The third kappa shape index (κ3) is 3.45. The van der Waals surface area contributed by atoms with Gasteiger partial charge in [-0.05, 0) is 31.0 Å². The number of halogens is 1. The summed E-state index contributed by atoms with van der Waals surface area (Å²) >= 11 is 0. The van der Waals surface area contributed by atoms with Crippen molar-refractivity contribution in [1.82, 2.24) is 5.32 Å². The molecular formula is C14H18FNO2. The average molecular weight is 251 g/mol. The summed E-state index contributed by atoms with van der Waals surface area (Å²) < 4.78 is 13.4. The number of phenolic OH excluding ortho intramolecular Hbond substituents is 1. The number of phenols is 1. The van der Waals surface area contributed by atoms with Crippen LogP contribution in [-0.2, 0) is 11.2 Å². The SMILES string of the molecule is O=C(Cc1cc(O)ccc1F)NC1CCCCC1. The van der Waals surface area contributed by atoms with Crippen LogP contribution in [0.1, 0.15) is 37.7 Å². The third-order valence-corrected chi connectivity index (χ3v) is 3.35. The Kier molecular flexibility index (Phi) is 4.18. The quantitative estimate of drug-likeness (QED) is 0.867. The van der Waals surface area contributed by atoms with Gasteiger partial charge in [-0.1, -0.05) is 19.3 Å². The topological polar surface area (TPSA) is 49.3 Å². The van der Waals surface area contributed by atoms with E-state index in [0.717, 1.165) is 25.7 Å². The fourth-order valence-electron chi connectivity index (χ4n) is 2.40. The molecule has 0 radical (unpaired) electrons. The number of nitrogens with one attached hydrogen (secondary N) is 1. The minimum absolute atomic E-state index is 0.0168. The molecule has 0 spiro atoms. The summed E-state index contributed by atoms with van der Waals surface area (Å²) in [4.78, 5) is 11.8. The summed E-state index contributed by atoms with van der Waals surface area (Å²) in [7, 11) is 0. The molecule has 2 rings (SSSR count). The van der Waals surface area contributed by atoms with Crippen LogP contribution in [0, 0.1) is 5.82 Å². The van der Waals surface area contributed by atoms with Crippen molar-refractivity contribution in [2.75, 3.05) is 0 Å². The Labute approximate surface area is 106 Å². The lowest BCUT2D eigenvalue weighted by Gasteiger charge is -2.22. The molecule has 0 aliphatic heterocycles. The molecule has 1 aromatic rings. The molecule has 1 amide bonds. The van der Waals surface area contributed by atoms with Crippen molar-refractivity contribution in [3.05, 3.63) is 29.6 Å². The van der Waals surface area contributed by atoms with E-state index in [2.05, 4.69) is 5.32 Å². The van der Waals surface area contributed by atoms with E-state index < -0.39 is 5.82 Å². The molecule has 0 unspecified atom stereocenters. The molecular weight excluding hydrogens is 233 g/mol. The summed E-state index contributed by atoms with van der Waals surface area (Å²) in [6, 6.07) is 3.98. The van der Waals surface area contributed by atoms with Gasteiger partial charge in [0.05, 0.1) is 6.42 Å². The van der Waals surface area contributed by atoms with Crippen LogP contribution in [0.3, 0.4) is 0 Å². The molecule has 0 saturated heterocycles. The van der Waals surface area contributed by atoms with Crippen LogP contribution in [0.15, 0.2) is 18.2 Å². The number of amides is 1. The predicted molar refractivity (Wildman–Crippen MR) is 66.8 cm³/mol. The van der Waals surface area contributed by atoms with Gasteiger partial charge in [0.25, 0.3) is 0 Å². The highest BCUT2D eigenvalue weighted by atomic mass is 19.1.